The predicted molar refractivity (Wildman–Crippen MR) is 114 cm³/mol. The minimum absolute atomic E-state index is 0.144. The van der Waals surface area contributed by atoms with E-state index in [2.05, 4.69) is 64.3 Å². The van der Waals surface area contributed by atoms with Crippen LogP contribution in [0.15, 0.2) is 30.3 Å². The number of carbonyl (C=O) groups is 1. The zero-order valence-electron chi connectivity index (χ0n) is 17.2. The van der Waals surface area contributed by atoms with Gasteiger partial charge >= 0.3 is 0 Å². The maximum atomic E-state index is 12.1. The molecule has 1 aromatic carbocycles. The highest BCUT2D eigenvalue weighted by Crippen LogP contribution is 2.24. The number of benzene rings is 1. The van der Waals surface area contributed by atoms with Crippen LogP contribution in [0.25, 0.3) is 0 Å². The average molecular weight is 382 g/mol. The molecule has 0 spiro atoms. The summed E-state index contributed by atoms with van der Waals surface area (Å²) >= 11 is 0. The van der Waals surface area contributed by atoms with E-state index in [9.17, 15) is 4.79 Å². The van der Waals surface area contributed by atoms with E-state index in [4.69, 9.17) is 0 Å². The third-order valence-electron chi connectivity index (χ3n) is 5.47. The summed E-state index contributed by atoms with van der Waals surface area (Å²) in [5.41, 5.74) is 4.38. The molecule has 0 radical (unpaired) electrons. The normalized spacial score (nSPS) is 14.2. The maximum absolute atomic E-state index is 12.1. The third kappa shape index (κ3) is 4.80. The second-order valence-electron chi connectivity index (χ2n) is 7.43. The summed E-state index contributed by atoms with van der Waals surface area (Å²) in [6, 6.07) is 10.2. The molecule has 0 atom stereocenters. The number of piperazine rings is 1. The Labute approximate surface area is 168 Å². The standard InChI is InChI=1S/C22H31N5O/c1-4-5-6-12-23-22(28)19-10-11-21(25-24-19)27-15-13-26(14-16-27)20-9-7-8-17(2)18(20)3/h7-11H,4-6,12-16H2,1-3H3,(H,23,28). The van der Waals surface area contributed by atoms with E-state index >= 15 is 0 Å². The van der Waals surface area contributed by atoms with Gasteiger partial charge < -0.3 is 15.1 Å². The summed E-state index contributed by atoms with van der Waals surface area (Å²) in [5.74, 6) is 0.693. The molecule has 1 aliphatic rings. The van der Waals surface area contributed by atoms with E-state index in [0.29, 0.717) is 12.2 Å². The van der Waals surface area contributed by atoms with Gasteiger partial charge in [0.1, 0.15) is 0 Å². The first-order valence-corrected chi connectivity index (χ1v) is 10.3. The first-order valence-electron chi connectivity index (χ1n) is 10.3. The molecule has 0 aliphatic carbocycles. The molecule has 1 saturated heterocycles. The number of aryl methyl sites for hydroxylation is 1. The third-order valence-corrected chi connectivity index (χ3v) is 5.47. The van der Waals surface area contributed by atoms with Crippen molar-refractivity contribution in [3.05, 3.63) is 47.2 Å². The number of unbranched alkanes of at least 4 members (excludes halogenated alkanes) is 2. The van der Waals surface area contributed by atoms with Gasteiger partial charge in [-0.1, -0.05) is 31.9 Å². The minimum Gasteiger partial charge on any atom is -0.368 e. The van der Waals surface area contributed by atoms with E-state index in [-0.39, 0.29) is 5.91 Å². The van der Waals surface area contributed by atoms with Crippen LogP contribution in [0.5, 0.6) is 0 Å². The predicted octanol–water partition coefficient (Wildman–Crippen LogP) is 3.34. The lowest BCUT2D eigenvalue weighted by atomic mass is 10.1. The van der Waals surface area contributed by atoms with Crippen molar-refractivity contribution in [2.75, 3.05) is 42.5 Å². The quantitative estimate of drug-likeness (QED) is 0.746. The summed E-state index contributed by atoms with van der Waals surface area (Å²) in [4.78, 5) is 16.8. The van der Waals surface area contributed by atoms with Gasteiger partial charge in [0.05, 0.1) is 0 Å². The smallest absolute Gasteiger partial charge is 0.271 e. The van der Waals surface area contributed by atoms with Crippen LogP contribution < -0.4 is 15.1 Å². The van der Waals surface area contributed by atoms with Crippen LogP contribution in [0, 0.1) is 13.8 Å². The molecule has 6 nitrogen and oxygen atoms in total. The Morgan fingerprint density at radius 2 is 1.75 bits per heavy atom. The maximum Gasteiger partial charge on any atom is 0.271 e. The molecule has 150 valence electrons. The van der Waals surface area contributed by atoms with Crippen molar-refractivity contribution < 1.29 is 4.79 Å². The summed E-state index contributed by atoms with van der Waals surface area (Å²) in [6.07, 6.45) is 3.26. The van der Waals surface area contributed by atoms with Gasteiger partial charge in [0, 0.05) is 38.4 Å². The van der Waals surface area contributed by atoms with Gasteiger partial charge in [0.15, 0.2) is 11.5 Å². The Balaban J connectivity index is 1.54. The number of amides is 1. The Bertz CT molecular complexity index is 782. The molecule has 1 N–H and O–H groups in total. The molecule has 2 heterocycles. The van der Waals surface area contributed by atoms with Gasteiger partial charge in [0.2, 0.25) is 0 Å². The number of hydrogen-bond donors (Lipinski definition) is 1. The molecule has 1 aromatic heterocycles. The zero-order chi connectivity index (χ0) is 19.9. The lowest BCUT2D eigenvalue weighted by Crippen LogP contribution is -2.47. The molecule has 2 aromatic rings. The fourth-order valence-electron chi connectivity index (χ4n) is 3.54. The number of rotatable bonds is 7. The van der Waals surface area contributed by atoms with Crippen LogP contribution in [0.2, 0.25) is 0 Å². The molecule has 0 saturated carbocycles. The highest BCUT2D eigenvalue weighted by atomic mass is 16.1. The molecule has 28 heavy (non-hydrogen) atoms. The number of anilines is 2. The fourth-order valence-corrected chi connectivity index (χ4v) is 3.54. The number of nitrogens with one attached hydrogen (secondary N) is 1. The molecule has 3 rings (SSSR count). The van der Waals surface area contributed by atoms with Gasteiger partial charge in [-0.3, -0.25) is 4.79 Å². The highest BCUT2D eigenvalue weighted by Gasteiger charge is 2.20. The van der Waals surface area contributed by atoms with E-state index in [1.807, 2.05) is 6.07 Å². The second kappa shape index (κ2) is 9.53. The highest BCUT2D eigenvalue weighted by molar-refractivity contribution is 5.92. The fraction of sp³-hybridized carbons (Fsp3) is 0.500. The summed E-state index contributed by atoms with van der Waals surface area (Å²) in [5, 5.41) is 11.3. The van der Waals surface area contributed by atoms with Crippen molar-refractivity contribution in [1.29, 1.82) is 0 Å². The summed E-state index contributed by atoms with van der Waals surface area (Å²) in [6.45, 7) is 10.9. The SMILES string of the molecule is CCCCCNC(=O)c1ccc(N2CCN(c3cccc(C)c3C)CC2)nn1. The van der Waals surface area contributed by atoms with E-state index in [0.717, 1.165) is 51.3 Å². The van der Waals surface area contributed by atoms with Crippen molar-refractivity contribution >= 4 is 17.4 Å². The number of carbonyl (C=O) groups excluding carboxylic acids is 1. The zero-order valence-corrected chi connectivity index (χ0v) is 17.2. The molecule has 0 unspecified atom stereocenters. The summed E-state index contributed by atoms with van der Waals surface area (Å²) in [7, 11) is 0. The van der Waals surface area contributed by atoms with Crippen LogP contribution in [0.1, 0.15) is 47.8 Å². The van der Waals surface area contributed by atoms with E-state index in [1.165, 1.54) is 16.8 Å². The van der Waals surface area contributed by atoms with Gasteiger partial charge in [0.25, 0.3) is 5.91 Å². The first-order chi connectivity index (χ1) is 13.6. The minimum atomic E-state index is -0.144. The number of hydrogen-bond acceptors (Lipinski definition) is 5. The molecule has 6 heteroatoms. The molecule has 1 aliphatic heterocycles. The average Bonchev–Trinajstić information content (AvgIpc) is 2.73. The number of nitrogens with zero attached hydrogens (tertiary/aromatic N) is 4. The molecule has 1 fully saturated rings. The Morgan fingerprint density at radius 1 is 1.00 bits per heavy atom. The van der Waals surface area contributed by atoms with Crippen LogP contribution in [-0.2, 0) is 0 Å². The molecule has 0 bridgehead atoms. The Kier molecular flexibility index (Phi) is 6.85. The topological polar surface area (TPSA) is 61.4 Å². The Morgan fingerprint density at radius 3 is 2.43 bits per heavy atom. The van der Waals surface area contributed by atoms with Crippen molar-refractivity contribution in [2.24, 2.45) is 0 Å². The van der Waals surface area contributed by atoms with Crippen molar-refractivity contribution in [3.63, 3.8) is 0 Å². The lowest BCUT2D eigenvalue weighted by molar-refractivity contribution is 0.0947. The van der Waals surface area contributed by atoms with Crippen molar-refractivity contribution in [1.82, 2.24) is 15.5 Å². The monoisotopic (exact) mass is 381 g/mol. The van der Waals surface area contributed by atoms with Crippen LogP contribution >= 0.6 is 0 Å². The lowest BCUT2D eigenvalue weighted by Gasteiger charge is -2.37. The second-order valence-corrected chi connectivity index (χ2v) is 7.43. The van der Waals surface area contributed by atoms with Crippen LogP contribution in [-0.4, -0.2) is 48.8 Å². The van der Waals surface area contributed by atoms with Gasteiger partial charge in [-0.25, -0.2) is 0 Å². The first kappa shape index (κ1) is 20.1. The Hall–Kier alpha value is -2.63. The van der Waals surface area contributed by atoms with Gasteiger partial charge in [-0.05, 0) is 49.6 Å². The molecular weight excluding hydrogens is 350 g/mol. The van der Waals surface area contributed by atoms with Gasteiger partial charge in [-0.2, -0.15) is 0 Å². The van der Waals surface area contributed by atoms with Crippen molar-refractivity contribution in [2.45, 2.75) is 40.0 Å². The van der Waals surface area contributed by atoms with Crippen LogP contribution in [0.4, 0.5) is 11.5 Å². The van der Waals surface area contributed by atoms with E-state index in [1.54, 1.807) is 6.07 Å². The summed E-state index contributed by atoms with van der Waals surface area (Å²) < 4.78 is 0. The van der Waals surface area contributed by atoms with Gasteiger partial charge in [-0.15, -0.1) is 10.2 Å². The van der Waals surface area contributed by atoms with Crippen LogP contribution in [0.3, 0.4) is 0 Å². The van der Waals surface area contributed by atoms with E-state index < -0.39 is 0 Å². The van der Waals surface area contributed by atoms with Crippen molar-refractivity contribution in [3.8, 4) is 0 Å². The molecule has 1 amide bonds. The largest absolute Gasteiger partial charge is 0.368 e. The number of aromatic nitrogens is 2. The molecular formula is C22H31N5O.